The monoisotopic (exact) mass is 208 g/mol. The van der Waals surface area contributed by atoms with E-state index < -0.39 is 24.0 Å². The fraction of sp³-hybridized carbons (Fsp3) is 0.667. The summed E-state index contributed by atoms with van der Waals surface area (Å²) in [4.78, 5) is 19.5. The van der Waals surface area contributed by atoms with Crippen molar-refractivity contribution in [3.8, 4) is 0 Å². The van der Waals surface area contributed by atoms with E-state index in [2.05, 4.69) is 0 Å². The first-order valence-corrected chi connectivity index (χ1v) is 3.73. The predicted octanol–water partition coefficient (Wildman–Crippen LogP) is -3.29. The maximum atomic E-state index is 9.73. The minimum atomic E-state index is -1.05. The molecule has 0 bridgehead atoms. The van der Waals surface area contributed by atoms with Gasteiger partial charge < -0.3 is 33.1 Å². The Hall–Kier alpha value is -1.22. The molecule has 8 nitrogen and oxygen atoms in total. The highest BCUT2D eigenvalue weighted by atomic mass is 16.4. The Balaban J connectivity index is 0. The van der Waals surface area contributed by atoms with Gasteiger partial charge >= 0.3 is 11.9 Å². The molecule has 0 spiro atoms. The molecule has 2 atom stereocenters. The third-order valence-electron chi connectivity index (χ3n) is 1.14. The molecule has 0 aliphatic rings. The van der Waals surface area contributed by atoms with Gasteiger partial charge in [0.15, 0.2) is 0 Å². The maximum absolute atomic E-state index is 9.73. The summed E-state index contributed by atoms with van der Waals surface area (Å²) in [5.41, 5.74) is 19.5. The number of carboxylic acid groups (broad SMARTS) is 2. The van der Waals surface area contributed by atoms with Gasteiger partial charge in [0.2, 0.25) is 0 Å². The number of aliphatic carboxylic acids is 2. The third kappa shape index (κ3) is 8.87. The summed E-state index contributed by atoms with van der Waals surface area (Å²) < 4.78 is 0. The zero-order valence-electron chi connectivity index (χ0n) is 7.59. The standard InChI is InChI=1S/2C3H8N2O2/c2*4-1-2(5)3(6)7/h2*2H,1,4-5H2,(H,6,7). The molecule has 0 saturated heterocycles. The Morgan fingerprint density at radius 3 is 1.14 bits per heavy atom. The first-order chi connectivity index (χ1) is 6.36. The van der Waals surface area contributed by atoms with Crippen LogP contribution in [0.25, 0.3) is 0 Å². The Kier molecular flexibility index (Phi) is 9.14. The molecule has 14 heavy (non-hydrogen) atoms. The van der Waals surface area contributed by atoms with Gasteiger partial charge in [-0.05, 0) is 0 Å². The Morgan fingerprint density at radius 2 is 1.14 bits per heavy atom. The largest absolute Gasteiger partial charge is 0.480 e. The molecule has 0 heterocycles. The fourth-order valence-electron chi connectivity index (χ4n) is 0.202. The van der Waals surface area contributed by atoms with Crippen LogP contribution in [0.15, 0.2) is 0 Å². The van der Waals surface area contributed by atoms with Gasteiger partial charge in [0.05, 0.1) is 0 Å². The van der Waals surface area contributed by atoms with Crippen LogP contribution >= 0.6 is 0 Å². The number of carbonyl (C=O) groups is 2. The molecule has 0 aromatic heterocycles. The molecule has 0 fully saturated rings. The molecule has 0 amide bonds. The van der Waals surface area contributed by atoms with Gasteiger partial charge in [-0.2, -0.15) is 0 Å². The molecule has 8 heteroatoms. The molecular formula is C6H16N4O4. The number of hydrogen-bond acceptors (Lipinski definition) is 6. The van der Waals surface area contributed by atoms with Gasteiger partial charge in [0.1, 0.15) is 12.1 Å². The lowest BCUT2D eigenvalue weighted by molar-refractivity contribution is -0.139. The van der Waals surface area contributed by atoms with E-state index in [1.165, 1.54) is 0 Å². The summed E-state index contributed by atoms with van der Waals surface area (Å²) >= 11 is 0. The van der Waals surface area contributed by atoms with Crippen LogP contribution in [0.4, 0.5) is 0 Å². The number of nitrogens with two attached hydrogens (primary N) is 4. The zero-order valence-corrected chi connectivity index (χ0v) is 7.59. The van der Waals surface area contributed by atoms with Gasteiger partial charge in [0, 0.05) is 13.1 Å². The summed E-state index contributed by atoms with van der Waals surface area (Å²) in [6.45, 7) is -0.00926. The summed E-state index contributed by atoms with van der Waals surface area (Å²) in [6.07, 6.45) is 0. The van der Waals surface area contributed by atoms with Gasteiger partial charge in [-0.3, -0.25) is 9.59 Å². The van der Waals surface area contributed by atoms with Crippen LogP contribution in [-0.4, -0.2) is 47.3 Å². The second kappa shape index (κ2) is 8.38. The third-order valence-corrected chi connectivity index (χ3v) is 1.14. The van der Waals surface area contributed by atoms with Crippen LogP contribution in [0, 0.1) is 0 Å². The number of rotatable bonds is 4. The van der Waals surface area contributed by atoms with E-state index in [4.69, 9.17) is 33.1 Å². The summed E-state index contributed by atoms with van der Waals surface area (Å²) in [5.74, 6) is -2.11. The molecule has 84 valence electrons. The van der Waals surface area contributed by atoms with Crippen molar-refractivity contribution < 1.29 is 19.8 Å². The van der Waals surface area contributed by atoms with Crippen molar-refractivity contribution in [3.05, 3.63) is 0 Å². The fourth-order valence-corrected chi connectivity index (χ4v) is 0.202. The van der Waals surface area contributed by atoms with Crippen molar-refractivity contribution >= 4 is 11.9 Å². The molecule has 0 aliphatic heterocycles. The topological polar surface area (TPSA) is 179 Å². The molecule has 0 aliphatic carbocycles. The molecular weight excluding hydrogens is 192 g/mol. The van der Waals surface area contributed by atoms with Crippen LogP contribution in [0.2, 0.25) is 0 Å². The van der Waals surface area contributed by atoms with Gasteiger partial charge in [-0.25, -0.2) is 0 Å². The minimum absolute atomic E-state index is 0.00463. The van der Waals surface area contributed by atoms with Gasteiger partial charge in [-0.15, -0.1) is 0 Å². The second-order valence-corrected chi connectivity index (χ2v) is 2.36. The average molecular weight is 208 g/mol. The van der Waals surface area contributed by atoms with Crippen molar-refractivity contribution in [1.82, 2.24) is 0 Å². The highest BCUT2D eigenvalue weighted by Gasteiger charge is 2.06. The highest BCUT2D eigenvalue weighted by Crippen LogP contribution is 1.69. The van der Waals surface area contributed by atoms with E-state index >= 15 is 0 Å². The van der Waals surface area contributed by atoms with Crippen molar-refractivity contribution in [1.29, 1.82) is 0 Å². The number of hydrogen-bond donors (Lipinski definition) is 6. The van der Waals surface area contributed by atoms with E-state index in [0.29, 0.717) is 0 Å². The van der Waals surface area contributed by atoms with E-state index in [9.17, 15) is 9.59 Å². The predicted molar refractivity (Wildman–Crippen MR) is 49.3 cm³/mol. The molecule has 0 aromatic carbocycles. The summed E-state index contributed by atoms with van der Waals surface area (Å²) in [7, 11) is 0. The average Bonchev–Trinajstić information content (AvgIpc) is 2.15. The van der Waals surface area contributed by atoms with Crippen molar-refractivity contribution in [2.24, 2.45) is 22.9 Å². The van der Waals surface area contributed by atoms with E-state index in [1.807, 2.05) is 0 Å². The van der Waals surface area contributed by atoms with E-state index in [1.54, 1.807) is 0 Å². The summed E-state index contributed by atoms with van der Waals surface area (Å²) in [5, 5.41) is 16.0. The zero-order chi connectivity index (χ0) is 11.7. The lowest BCUT2D eigenvalue weighted by Crippen LogP contribution is -2.37. The lowest BCUT2D eigenvalue weighted by atomic mass is 10.3. The summed E-state index contributed by atoms with van der Waals surface area (Å²) in [6, 6.07) is -1.81. The molecule has 0 saturated carbocycles. The highest BCUT2D eigenvalue weighted by molar-refractivity contribution is 5.73. The van der Waals surface area contributed by atoms with Crippen molar-refractivity contribution in [2.45, 2.75) is 12.1 Å². The van der Waals surface area contributed by atoms with Crippen LogP contribution in [0.1, 0.15) is 0 Å². The quantitative estimate of drug-likeness (QED) is 0.278. The van der Waals surface area contributed by atoms with Crippen LogP contribution in [0.3, 0.4) is 0 Å². The molecule has 2 unspecified atom stereocenters. The Labute approximate surface area is 80.8 Å². The second-order valence-electron chi connectivity index (χ2n) is 2.36. The molecule has 0 aromatic rings. The first kappa shape index (κ1) is 15.3. The minimum Gasteiger partial charge on any atom is -0.480 e. The van der Waals surface area contributed by atoms with Crippen molar-refractivity contribution in [3.63, 3.8) is 0 Å². The van der Waals surface area contributed by atoms with Crippen molar-refractivity contribution in [2.75, 3.05) is 13.1 Å². The maximum Gasteiger partial charge on any atom is 0.321 e. The Morgan fingerprint density at radius 1 is 0.929 bits per heavy atom. The van der Waals surface area contributed by atoms with E-state index in [0.717, 1.165) is 0 Å². The van der Waals surface area contributed by atoms with E-state index in [-0.39, 0.29) is 13.1 Å². The van der Waals surface area contributed by atoms with Crippen LogP contribution in [-0.2, 0) is 9.59 Å². The lowest BCUT2D eigenvalue weighted by Gasteiger charge is -1.97. The molecule has 0 rings (SSSR count). The SMILES string of the molecule is NCC(N)C(=O)O.NCC(N)C(=O)O. The Bertz CT molecular complexity index is 167. The van der Waals surface area contributed by atoms with Gasteiger partial charge in [-0.1, -0.05) is 0 Å². The normalized spacial score (nSPS) is 13.4. The smallest absolute Gasteiger partial charge is 0.321 e. The molecule has 0 radical (unpaired) electrons. The first-order valence-electron chi connectivity index (χ1n) is 3.73. The van der Waals surface area contributed by atoms with Gasteiger partial charge in [0.25, 0.3) is 0 Å². The van der Waals surface area contributed by atoms with Crippen LogP contribution < -0.4 is 22.9 Å². The number of carboxylic acids is 2. The van der Waals surface area contributed by atoms with Crippen LogP contribution in [0.5, 0.6) is 0 Å². The molecule has 10 N–H and O–H groups in total.